The molecule has 1 aliphatic heterocycles. The normalized spacial score (nSPS) is 14.2. The number of benzene rings is 2. The molecule has 178 valence electrons. The minimum absolute atomic E-state index is 0.0624. The lowest BCUT2D eigenvalue weighted by Gasteiger charge is -2.31. The van der Waals surface area contributed by atoms with Gasteiger partial charge in [-0.15, -0.1) is 0 Å². The predicted molar refractivity (Wildman–Crippen MR) is 135 cm³/mol. The van der Waals surface area contributed by atoms with Gasteiger partial charge in [0.05, 0.1) is 15.1 Å². The zero-order chi connectivity index (χ0) is 24.2. The molecular formula is C24H27N5O4S. The number of carbonyl (C=O) groups is 2. The summed E-state index contributed by atoms with van der Waals surface area (Å²) in [7, 11) is 0. The van der Waals surface area contributed by atoms with Crippen molar-refractivity contribution in [1.29, 1.82) is 0 Å². The zero-order valence-electron chi connectivity index (χ0n) is 19.2. The molecule has 9 nitrogen and oxygen atoms in total. The van der Waals surface area contributed by atoms with Gasteiger partial charge in [-0.3, -0.25) is 19.7 Å². The molecule has 0 spiro atoms. The van der Waals surface area contributed by atoms with Gasteiger partial charge in [-0.25, -0.2) is 4.98 Å². The van der Waals surface area contributed by atoms with E-state index in [2.05, 4.69) is 22.5 Å². The summed E-state index contributed by atoms with van der Waals surface area (Å²) in [6.07, 6.45) is 3.16. The number of rotatable bonds is 7. The minimum Gasteiger partial charge on any atom is -0.366 e. The summed E-state index contributed by atoms with van der Waals surface area (Å²) < 4.78 is 0.810. The van der Waals surface area contributed by atoms with Crippen LogP contribution < -0.4 is 15.5 Å². The number of amides is 2. The van der Waals surface area contributed by atoms with Crippen LogP contribution in [0.2, 0.25) is 0 Å². The Labute approximate surface area is 201 Å². The Hall–Kier alpha value is -3.53. The van der Waals surface area contributed by atoms with Crippen molar-refractivity contribution >= 4 is 55.6 Å². The standard InChI is InChI=1S/C24H27N5O4S/c1-3-4-22(30)27-24-26-18-7-6-17(14-21(18)34-24)25-23(31)16-5-8-19(20(13-16)29(32)33)28-11-9-15(2)10-12-28/h5-8,13-15H,3-4,9-12H2,1-2H3,(H,25,31)(H,26,27,30). The van der Waals surface area contributed by atoms with Crippen molar-refractivity contribution in [3.05, 3.63) is 52.1 Å². The number of thiazole rings is 1. The van der Waals surface area contributed by atoms with Gasteiger partial charge in [0.15, 0.2) is 5.13 Å². The molecule has 2 aromatic carbocycles. The number of nitro groups is 1. The second-order valence-electron chi connectivity index (χ2n) is 8.58. The summed E-state index contributed by atoms with van der Waals surface area (Å²) in [5.74, 6) is 0.0985. The number of aromatic nitrogens is 1. The molecule has 34 heavy (non-hydrogen) atoms. The number of nitro benzene ring substituents is 1. The van der Waals surface area contributed by atoms with Gasteiger partial charge < -0.3 is 15.5 Å². The molecule has 1 aromatic heterocycles. The minimum atomic E-state index is -0.429. The second-order valence-corrected chi connectivity index (χ2v) is 9.61. The summed E-state index contributed by atoms with van der Waals surface area (Å²) >= 11 is 1.32. The smallest absolute Gasteiger partial charge is 0.293 e. The van der Waals surface area contributed by atoms with Crippen molar-refractivity contribution in [3.8, 4) is 0 Å². The topological polar surface area (TPSA) is 117 Å². The molecule has 2 N–H and O–H groups in total. The molecule has 0 bridgehead atoms. The van der Waals surface area contributed by atoms with Crippen molar-refractivity contribution in [1.82, 2.24) is 4.98 Å². The average Bonchev–Trinajstić information content (AvgIpc) is 3.20. The Bertz CT molecular complexity index is 1230. The first-order valence-corrected chi connectivity index (χ1v) is 12.2. The lowest BCUT2D eigenvalue weighted by Crippen LogP contribution is -2.33. The lowest BCUT2D eigenvalue weighted by molar-refractivity contribution is -0.384. The van der Waals surface area contributed by atoms with E-state index in [0.29, 0.717) is 34.4 Å². The number of hydrogen-bond acceptors (Lipinski definition) is 7. The molecular weight excluding hydrogens is 454 g/mol. The van der Waals surface area contributed by atoms with E-state index in [4.69, 9.17) is 0 Å². The van der Waals surface area contributed by atoms with E-state index in [-0.39, 0.29) is 17.2 Å². The van der Waals surface area contributed by atoms with Crippen molar-refractivity contribution in [2.45, 2.75) is 39.5 Å². The number of piperidine rings is 1. The first-order chi connectivity index (χ1) is 16.3. The molecule has 0 saturated carbocycles. The molecule has 1 fully saturated rings. The predicted octanol–water partition coefficient (Wildman–Crippen LogP) is 5.43. The molecule has 2 heterocycles. The molecule has 0 aliphatic carbocycles. The van der Waals surface area contributed by atoms with E-state index >= 15 is 0 Å². The zero-order valence-corrected chi connectivity index (χ0v) is 20.0. The van der Waals surface area contributed by atoms with Crippen LogP contribution in [0.3, 0.4) is 0 Å². The maximum atomic E-state index is 12.9. The van der Waals surface area contributed by atoms with Crippen molar-refractivity contribution < 1.29 is 14.5 Å². The Balaban J connectivity index is 1.51. The van der Waals surface area contributed by atoms with Gasteiger partial charge in [-0.1, -0.05) is 25.2 Å². The summed E-state index contributed by atoms with van der Waals surface area (Å²) in [6.45, 7) is 5.65. The van der Waals surface area contributed by atoms with Crippen LogP contribution in [0.25, 0.3) is 10.2 Å². The molecule has 1 aliphatic rings. The molecule has 4 rings (SSSR count). The summed E-state index contributed by atoms with van der Waals surface area (Å²) in [5, 5.41) is 17.8. The highest BCUT2D eigenvalue weighted by atomic mass is 32.1. The summed E-state index contributed by atoms with van der Waals surface area (Å²) in [4.78, 5) is 42.4. The number of nitrogens with zero attached hydrogens (tertiary/aromatic N) is 3. The molecule has 1 saturated heterocycles. The van der Waals surface area contributed by atoms with Gasteiger partial charge >= 0.3 is 0 Å². The second kappa shape index (κ2) is 10.2. The highest BCUT2D eigenvalue weighted by molar-refractivity contribution is 7.22. The molecule has 2 amide bonds. The fraction of sp³-hybridized carbons (Fsp3) is 0.375. The van der Waals surface area contributed by atoms with Crippen LogP contribution in [0.4, 0.5) is 22.2 Å². The third-order valence-electron chi connectivity index (χ3n) is 5.93. The quantitative estimate of drug-likeness (QED) is 0.343. The fourth-order valence-electron chi connectivity index (χ4n) is 4.00. The number of hydrogen-bond donors (Lipinski definition) is 2. The highest BCUT2D eigenvalue weighted by Gasteiger charge is 2.25. The Morgan fingerprint density at radius 3 is 2.65 bits per heavy atom. The van der Waals surface area contributed by atoms with Crippen LogP contribution in [-0.4, -0.2) is 34.8 Å². The SMILES string of the molecule is CCCC(=O)Nc1nc2ccc(NC(=O)c3ccc(N4CCC(C)CC4)c([N+](=O)[O-])c3)cc2s1. The van der Waals surface area contributed by atoms with E-state index in [0.717, 1.165) is 37.1 Å². The Kier molecular flexibility index (Phi) is 7.06. The lowest BCUT2D eigenvalue weighted by atomic mass is 9.98. The first kappa shape index (κ1) is 23.6. The first-order valence-electron chi connectivity index (χ1n) is 11.4. The molecule has 0 unspecified atom stereocenters. The van der Waals surface area contributed by atoms with Crippen LogP contribution in [0.15, 0.2) is 36.4 Å². The number of fused-ring (bicyclic) bond motifs is 1. The van der Waals surface area contributed by atoms with Crippen LogP contribution in [0, 0.1) is 16.0 Å². The summed E-state index contributed by atoms with van der Waals surface area (Å²) in [5.41, 5.74) is 1.97. The average molecular weight is 482 g/mol. The van der Waals surface area contributed by atoms with Crippen LogP contribution in [0.5, 0.6) is 0 Å². The van der Waals surface area contributed by atoms with Crippen molar-refractivity contribution in [2.24, 2.45) is 5.92 Å². The number of nitrogens with one attached hydrogen (secondary N) is 2. The van der Waals surface area contributed by atoms with Crippen LogP contribution in [0.1, 0.15) is 49.9 Å². The molecule has 3 aromatic rings. The summed E-state index contributed by atoms with van der Waals surface area (Å²) in [6, 6.07) is 9.89. The largest absolute Gasteiger partial charge is 0.366 e. The van der Waals surface area contributed by atoms with E-state index in [1.807, 2.05) is 11.8 Å². The van der Waals surface area contributed by atoms with Gasteiger partial charge in [0.2, 0.25) is 5.91 Å². The van der Waals surface area contributed by atoms with Gasteiger partial charge in [0, 0.05) is 36.8 Å². The molecule has 0 atom stereocenters. The number of carbonyl (C=O) groups excluding carboxylic acids is 2. The monoisotopic (exact) mass is 481 g/mol. The van der Waals surface area contributed by atoms with E-state index in [1.54, 1.807) is 30.3 Å². The Morgan fingerprint density at radius 1 is 1.18 bits per heavy atom. The van der Waals surface area contributed by atoms with Gasteiger partial charge in [-0.2, -0.15) is 0 Å². The number of anilines is 3. The van der Waals surface area contributed by atoms with E-state index in [9.17, 15) is 19.7 Å². The highest BCUT2D eigenvalue weighted by Crippen LogP contribution is 2.33. The Morgan fingerprint density at radius 2 is 1.94 bits per heavy atom. The van der Waals surface area contributed by atoms with Crippen LogP contribution >= 0.6 is 11.3 Å². The fourth-order valence-corrected chi connectivity index (χ4v) is 4.92. The van der Waals surface area contributed by atoms with Gasteiger partial charge in [0.1, 0.15) is 5.69 Å². The van der Waals surface area contributed by atoms with Gasteiger partial charge in [-0.05, 0) is 55.5 Å². The molecule has 0 radical (unpaired) electrons. The van der Waals surface area contributed by atoms with Crippen LogP contribution in [-0.2, 0) is 4.79 Å². The van der Waals surface area contributed by atoms with E-state index in [1.165, 1.54) is 17.4 Å². The van der Waals surface area contributed by atoms with Crippen molar-refractivity contribution in [2.75, 3.05) is 28.6 Å². The van der Waals surface area contributed by atoms with E-state index < -0.39 is 10.8 Å². The van der Waals surface area contributed by atoms with Gasteiger partial charge in [0.25, 0.3) is 11.6 Å². The molecule has 10 heteroatoms. The van der Waals surface area contributed by atoms with Crippen molar-refractivity contribution in [3.63, 3.8) is 0 Å². The maximum Gasteiger partial charge on any atom is 0.293 e. The third-order valence-corrected chi connectivity index (χ3v) is 6.86. The maximum absolute atomic E-state index is 12.9. The third kappa shape index (κ3) is 5.33.